The molecule has 0 aromatic rings. The number of rotatable bonds is 16. The normalized spacial score (nSPS) is 10.8. The molecule has 140 valence electrons. The second kappa shape index (κ2) is 26.6. The van der Waals surface area contributed by atoms with Crippen LogP contribution in [0.5, 0.6) is 0 Å². The van der Waals surface area contributed by atoms with E-state index in [0.717, 1.165) is 19.5 Å². The van der Waals surface area contributed by atoms with Crippen molar-refractivity contribution in [3.63, 3.8) is 0 Å². The Bertz CT molecular complexity index is 200. The van der Waals surface area contributed by atoms with Crippen molar-refractivity contribution in [1.82, 2.24) is 0 Å². The molecular formula is C21H46N2. The van der Waals surface area contributed by atoms with Crippen LogP contribution >= 0.6 is 0 Å². The summed E-state index contributed by atoms with van der Waals surface area (Å²) in [6.45, 7) is 6.02. The molecular weight excluding hydrogens is 280 g/mol. The van der Waals surface area contributed by atoms with Crippen LogP contribution in [0.1, 0.15) is 110 Å². The Morgan fingerprint density at radius 2 is 0.870 bits per heavy atom. The molecule has 0 radical (unpaired) electrons. The fourth-order valence-electron chi connectivity index (χ4n) is 2.39. The van der Waals surface area contributed by atoms with Gasteiger partial charge in [0.25, 0.3) is 0 Å². The van der Waals surface area contributed by atoms with Gasteiger partial charge in [-0.25, -0.2) is 0 Å². The van der Waals surface area contributed by atoms with Crippen LogP contribution in [-0.4, -0.2) is 13.1 Å². The molecule has 0 unspecified atom stereocenters. The van der Waals surface area contributed by atoms with E-state index in [4.69, 9.17) is 11.5 Å². The van der Waals surface area contributed by atoms with Gasteiger partial charge >= 0.3 is 0 Å². The van der Waals surface area contributed by atoms with Gasteiger partial charge in [-0.05, 0) is 51.6 Å². The first-order chi connectivity index (χ1) is 11.3. The van der Waals surface area contributed by atoms with Crippen molar-refractivity contribution in [1.29, 1.82) is 0 Å². The lowest BCUT2D eigenvalue weighted by molar-refractivity contribution is 0.599. The molecule has 0 amide bonds. The summed E-state index contributed by atoms with van der Waals surface area (Å²) >= 11 is 0. The summed E-state index contributed by atoms with van der Waals surface area (Å²) in [5, 5.41) is 0. The summed E-state index contributed by atoms with van der Waals surface area (Å²) in [7, 11) is 0. The largest absolute Gasteiger partial charge is 0.330 e. The van der Waals surface area contributed by atoms with Gasteiger partial charge in [-0.1, -0.05) is 83.8 Å². The Morgan fingerprint density at radius 3 is 1.26 bits per heavy atom. The van der Waals surface area contributed by atoms with Gasteiger partial charge in [0.05, 0.1) is 0 Å². The predicted molar refractivity (Wildman–Crippen MR) is 108 cm³/mol. The third-order valence-corrected chi connectivity index (χ3v) is 4.00. The average Bonchev–Trinajstić information content (AvgIpc) is 2.58. The van der Waals surface area contributed by atoms with Gasteiger partial charge in [0.2, 0.25) is 0 Å². The van der Waals surface area contributed by atoms with Crippen LogP contribution in [0, 0.1) is 0 Å². The summed E-state index contributed by atoms with van der Waals surface area (Å²) in [6.07, 6.45) is 25.0. The third-order valence-electron chi connectivity index (χ3n) is 4.00. The Hall–Kier alpha value is -0.340. The lowest BCUT2D eigenvalue weighted by Gasteiger charge is -1.99. The first-order valence-electron chi connectivity index (χ1n) is 10.4. The van der Waals surface area contributed by atoms with Gasteiger partial charge in [0.15, 0.2) is 0 Å². The van der Waals surface area contributed by atoms with Gasteiger partial charge < -0.3 is 11.5 Å². The highest BCUT2D eigenvalue weighted by molar-refractivity contribution is 4.81. The van der Waals surface area contributed by atoms with Crippen molar-refractivity contribution in [3.05, 3.63) is 12.2 Å². The lowest BCUT2D eigenvalue weighted by atomic mass is 10.1. The summed E-state index contributed by atoms with van der Waals surface area (Å²) in [5.41, 5.74) is 10.5. The van der Waals surface area contributed by atoms with Gasteiger partial charge in [0.1, 0.15) is 0 Å². The molecule has 4 N–H and O–H groups in total. The van der Waals surface area contributed by atoms with E-state index < -0.39 is 0 Å². The Kier molecular flexibility index (Phi) is 28.8. The van der Waals surface area contributed by atoms with Gasteiger partial charge in [-0.3, -0.25) is 0 Å². The molecule has 0 aliphatic rings. The highest BCUT2D eigenvalue weighted by atomic mass is 14.5. The van der Waals surface area contributed by atoms with E-state index in [1.165, 1.54) is 89.9 Å². The molecule has 0 rings (SSSR count). The monoisotopic (exact) mass is 326 g/mol. The number of nitrogens with two attached hydrogens (primary N) is 2. The van der Waals surface area contributed by atoms with Crippen molar-refractivity contribution < 1.29 is 0 Å². The second-order valence-corrected chi connectivity index (χ2v) is 6.52. The summed E-state index contributed by atoms with van der Waals surface area (Å²) in [5.74, 6) is 0. The molecule has 0 saturated heterocycles. The maximum Gasteiger partial charge on any atom is -0.00773 e. The summed E-state index contributed by atoms with van der Waals surface area (Å²) in [4.78, 5) is 0. The van der Waals surface area contributed by atoms with Crippen LogP contribution in [0.4, 0.5) is 0 Å². The van der Waals surface area contributed by atoms with E-state index >= 15 is 0 Å². The van der Waals surface area contributed by atoms with E-state index in [2.05, 4.69) is 26.0 Å². The quantitative estimate of drug-likeness (QED) is 0.257. The zero-order chi connectivity index (χ0) is 17.4. The first kappa shape index (κ1) is 24.9. The fourth-order valence-corrected chi connectivity index (χ4v) is 2.39. The first-order valence-corrected chi connectivity index (χ1v) is 10.4. The van der Waals surface area contributed by atoms with E-state index in [1.54, 1.807) is 0 Å². The fraction of sp³-hybridized carbons (Fsp3) is 0.905. The number of hydrogen-bond acceptors (Lipinski definition) is 2. The standard InChI is InChI=1S/C18H37N.C3H9N/c1-2-3-4-5-6-7-8-9-10-11-12-13-14-15-16-17-18-19;1-2-3-4/h9-10H,2-8,11-19H2,1H3;2-4H2,1H3/b10-9-;. The Balaban J connectivity index is 0. The van der Waals surface area contributed by atoms with Crippen LogP contribution in [-0.2, 0) is 0 Å². The van der Waals surface area contributed by atoms with Crippen LogP contribution in [0.25, 0.3) is 0 Å². The number of unbranched alkanes of at least 4 members (excludes halogenated alkanes) is 12. The topological polar surface area (TPSA) is 52.0 Å². The number of hydrogen-bond donors (Lipinski definition) is 2. The second-order valence-electron chi connectivity index (χ2n) is 6.52. The molecule has 0 aromatic heterocycles. The van der Waals surface area contributed by atoms with Crippen LogP contribution < -0.4 is 11.5 Å². The molecule has 0 bridgehead atoms. The predicted octanol–water partition coefficient (Wildman–Crippen LogP) is 6.34. The molecule has 0 aliphatic carbocycles. The van der Waals surface area contributed by atoms with E-state index in [-0.39, 0.29) is 0 Å². The molecule has 2 nitrogen and oxygen atoms in total. The smallest absolute Gasteiger partial charge is 0.00773 e. The zero-order valence-electron chi connectivity index (χ0n) is 16.3. The Morgan fingerprint density at radius 1 is 0.478 bits per heavy atom. The van der Waals surface area contributed by atoms with Crippen LogP contribution in [0.15, 0.2) is 12.2 Å². The lowest BCUT2D eigenvalue weighted by Crippen LogP contribution is -1.97. The minimum atomic E-state index is 0.819. The maximum atomic E-state index is 5.47. The molecule has 0 aromatic carbocycles. The van der Waals surface area contributed by atoms with Crippen molar-refractivity contribution in [2.24, 2.45) is 11.5 Å². The van der Waals surface area contributed by atoms with Crippen LogP contribution in [0.2, 0.25) is 0 Å². The molecule has 23 heavy (non-hydrogen) atoms. The Labute approximate surface area is 147 Å². The highest BCUT2D eigenvalue weighted by Gasteiger charge is 1.90. The minimum absolute atomic E-state index is 0.819. The molecule has 0 saturated carbocycles. The van der Waals surface area contributed by atoms with Crippen molar-refractivity contribution in [2.75, 3.05) is 13.1 Å². The van der Waals surface area contributed by atoms with Gasteiger partial charge in [0, 0.05) is 0 Å². The molecule has 0 heterocycles. The summed E-state index contributed by atoms with van der Waals surface area (Å²) in [6, 6.07) is 0. The highest BCUT2D eigenvalue weighted by Crippen LogP contribution is 2.09. The van der Waals surface area contributed by atoms with Gasteiger partial charge in [-0.15, -0.1) is 0 Å². The van der Waals surface area contributed by atoms with E-state index in [1.807, 2.05) is 0 Å². The van der Waals surface area contributed by atoms with Crippen LogP contribution in [0.3, 0.4) is 0 Å². The molecule has 0 fully saturated rings. The SMILES string of the molecule is CCCCCCCC/C=C\CCCCCCCCN.CCCN. The molecule has 0 atom stereocenters. The van der Waals surface area contributed by atoms with Crippen molar-refractivity contribution in [2.45, 2.75) is 110 Å². The van der Waals surface area contributed by atoms with Crippen molar-refractivity contribution >= 4 is 0 Å². The minimum Gasteiger partial charge on any atom is -0.330 e. The summed E-state index contributed by atoms with van der Waals surface area (Å²) < 4.78 is 0. The zero-order valence-corrected chi connectivity index (χ0v) is 16.3. The number of allylic oxidation sites excluding steroid dienone is 2. The van der Waals surface area contributed by atoms with Crippen molar-refractivity contribution in [3.8, 4) is 0 Å². The molecule has 0 aliphatic heterocycles. The maximum absolute atomic E-state index is 5.47. The van der Waals surface area contributed by atoms with E-state index in [9.17, 15) is 0 Å². The molecule has 2 heteroatoms. The average molecular weight is 327 g/mol. The van der Waals surface area contributed by atoms with Gasteiger partial charge in [-0.2, -0.15) is 0 Å². The van der Waals surface area contributed by atoms with E-state index in [0.29, 0.717) is 0 Å². The third kappa shape index (κ3) is 30.2. The molecule has 0 spiro atoms.